The lowest BCUT2D eigenvalue weighted by atomic mass is 9.87. The van der Waals surface area contributed by atoms with E-state index in [-0.39, 0.29) is 5.41 Å². The van der Waals surface area contributed by atoms with Gasteiger partial charge in [0.05, 0.1) is 21.4 Å². The maximum Gasteiger partial charge on any atom is 0.0618 e. The number of nitrogens with zero attached hydrogens (tertiary/aromatic N) is 1. The number of anilines is 1. The molecule has 1 aromatic carbocycles. The Hall–Kier alpha value is -0.830. The summed E-state index contributed by atoms with van der Waals surface area (Å²) < 4.78 is 11.9. The highest BCUT2D eigenvalue weighted by atomic mass is 32.2. The average Bonchev–Trinajstić information content (AvgIpc) is 2.45. The summed E-state index contributed by atoms with van der Waals surface area (Å²) in [4.78, 5) is 3.27. The molecular weight excluding hydrogens is 278 g/mol. The fourth-order valence-corrected chi connectivity index (χ4v) is 2.94. The van der Waals surface area contributed by atoms with E-state index in [9.17, 15) is 4.21 Å². The summed E-state index contributed by atoms with van der Waals surface area (Å²) in [7, 11) is -0.943. The van der Waals surface area contributed by atoms with E-state index in [1.54, 1.807) is 6.26 Å². The van der Waals surface area contributed by atoms with Gasteiger partial charge >= 0.3 is 0 Å². The van der Waals surface area contributed by atoms with E-state index in [1.807, 2.05) is 19.9 Å². The van der Waals surface area contributed by atoms with Gasteiger partial charge in [0.25, 0.3) is 0 Å². The molecule has 0 aliphatic rings. The molecule has 122 valence electrons. The summed E-state index contributed by atoms with van der Waals surface area (Å²) in [5.41, 5.74) is 2.55. The predicted octanol–water partition coefficient (Wildman–Crippen LogP) is 4.98. The molecule has 2 nitrogen and oxygen atoms in total. The van der Waals surface area contributed by atoms with Gasteiger partial charge in [-0.05, 0) is 36.5 Å². The molecule has 0 aliphatic heterocycles. The molecule has 0 bridgehead atoms. The van der Waals surface area contributed by atoms with Crippen molar-refractivity contribution in [3.05, 3.63) is 23.8 Å². The monoisotopic (exact) mass is 311 g/mol. The summed E-state index contributed by atoms with van der Waals surface area (Å²) >= 11 is 0. The maximum absolute atomic E-state index is 11.9. The van der Waals surface area contributed by atoms with Crippen molar-refractivity contribution in [1.29, 1.82) is 0 Å². The topological polar surface area (TPSA) is 20.3 Å². The first-order valence-corrected chi connectivity index (χ1v) is 9.60. The van der Waals surface area contributed by atoms with Crippen LogP contribution in [0.15, 0.2) is 23.1 Å². The largest absolute Gasteiger partial charge is 0.371 e. The van der Waals surface area contributed by atoms with Crippen LogP contribution < -0.4 is 4.90 Å². The Morgan fingerprint density at radius 2 is 1.71 bits per heavy atom. The van der Waals surface area contributed by atoms with Crippen molar-refractivity contribution >= 4 is 16.5 Å². The molecule has 0 amide bonds. The zero-order valence-corrected chi connectivity index (χ0v) is 15.9. The molecule has 1 aromatic rings. The minimum absolute atomic E-state index is 0.119. The Morgan fingerprint density at radius 1 is 1.14 bits per heavy atom. The summed E-state index contributed by atoms with van der Waals surface area (Å²) in [6.45, 7) is 16.9. The number of hydrogen-bond donors (Lipinski definition) is 0. The lowest BCUT2D eigenvalue weighted by Gasteiger charge is -2.28. The molecule has 0 saturated heterocycles. The lowest BCUT2D eigenvalue weighted by Crippen LogP contribution is -2.25. The predicted molar refractivity (Wildman–Crippen MR) is 97.0 cm³/mol. The molecular formula is C18H33NOS. The standard InChI is InChI=1S/C16H27NOS.C2H6/c1-7-11-17(8-2)14-12-13(16(3,4)5)9-10-15(14)19(6)18;1-2/h9-10,12H,7-8,11H2,1-6H3;1-2H3. The van der Waals surface area contributed by atoms with Gasteiger partial charge in [0.15, 0.2) is 0 Å². The van der Waals surface area contributed by atoms with Crippen LogP contribution in [-0.4, -0.2) is 23.6 Å². The molecule has 1 rings (SSSR count). The van der Waals surface area contributed by atoms with Gasteiger partial charge in [0, 0.05) is 19.3 Å². The van der Waals surface area contributed by atoms with Crippen molar-refractivity contribution in [3.8, 4) is 0 Å². The minimum atomic E-state index is -0.943. The summed E-state index contributed by atoms with van der Waals surface area (Å²) in [6.07, 6.45) is 2.86. The summed E-state index contributed by atoms with van der Waals surface area (Å²) in [5.74, 6) is 0. The zero-order valence-electron chi connectivity index (χ0n) is 15.1. The van der Waals surface area contributed by atoms with E-state index in [0.29, 0.717) is 0 Å². The highest BCUT2D eigenvalue weighted by molar-refractivity contribution is 7.84. The third-order valence-corrected chi connectivity index (χ3v) is 4.32. The molecule has 0 aliphatic carbocycles. The van der Waals surface area contributed by atoms with Gasteiger partial charge in [-0.1, -0.05) is 47.6 Å². The van der Waals surface area contributed by atoms with Gasteiger partial charge < -0.3 is 4.90 Å². The molecule has 1 atom stereocenters. The average molecular weight is 312 g/mol. The van der Waals surface area contributed by atoms with E-state index < -0.39 is 10.8 Å². The van der Waals surface area contributed by atoms with Crippen LogP contribution in [0.3, 0.4) is 0 Å². The molecule has 0 spiro atoms. The van der Waals surface area contributed by atoms with Gasteiger partial charge in [0.2, 0.25) is 0 Å². The molecule has 0 fully saturated rings. The Morgan fingerprint density at radius 3 is 2.10 bits per heavy atom. The van der Waals surface area contributed by atoms with Gasteiger partial charge in [-0.3, -0.25) is 4.21 Å². The van der Waals surface area contributed by atoms with Crippen LogP contribution in [0.5, 0.6) is 0 Å². The normalized spacial score (nSPS) is 12.4. The van der Waals surface area contributed by atoms with E-state index in [1.165, 1.54) is 5.56 Å². The Bertz CT molecular complexity index is 449. The molecule has 0 aromatic heterocycles. The van der Waals surface area contributed by atoms with Crippen molar-refractivity contribution < 1.29 is 4.21 Å². The maximum atomic E-state index is 11.9. The van der Waals surface area contributed by atoms with Crippen molar-refractivity contribution in [2.45, 2.75) is 65.2 Å². The minimum Gasteiger partial charge on any atom is -0.371 e. The van der Waals surface area contributed by atoms with Crippen molar-refractivity contribution in [2.75, 3.05) is 24.2 Å². The second kappa shape index (κ2) is 9.24. The SMILES string of the molecule is CC.CCCN(CC)c1cc(C(C)(C)C)ccc1S(C)=O. The first-order valence-electron chi connectivity index (χ1n) is 8.04. The van der Waals surface area contributed by atoms with Crippen LogP contribution in [-0.2, 0) is 16.2 Å². The quantitative estimate of drug-likeness (QED) is 0.764. The fraction of sp³-hybridized carbons (Fsp3) is 0.667. The molecule has 3 heteroatoms. The van der Waals surface area contributed by atoms with Crippen LogP contribution in [0.4, 0.5) is 5.69 Å². The van der Waals surface area contributed by atoms with E-state index in [0.717, 1.165) is 30.1 Å². The third kappa shape index (κ3) is 5.82. The summed E-state index contributed by atoms with van der Waals surface area (Å²) in [5, 5.41) is 0. The summed E-state index contributed by atoms with van der Waals surface area (Å²) in [6, 6.07) is 6.36. The van der Waals surface area contributed by atoms with Crippen LogP contribution in [0.25, 0.3) is 0 Å². The number of benzene rings is 1. The van der Waals surface area contributed by atoms with Gasteiger partial charge in [0.1, 0.15) is 0 Å². The molecule has 0 saturated carbocycles. The molecule has 21 heavy (non-hydrogen) atoms. The fourth-order valence-electron chi connectivity index (χ4n) is 2.19. The molecule has 0 N–H and O–H groups in total. The lowest BCUT2D eigenvalue weighted by molar-refractivity contribution is 0.589. The highest BCUT2D eigenvalue weighted by Crippen LogP contribution is 2.31. The first kappa shape index (κ1) is 20.2. The first-order chi connectivity index (χ1) is 9.81. The highest BCUT2D eigenvalue weighted by Gasteiger charge is 2.18. The number of hydrogen-bond acceptors (Lipinski definition) is 2. The smallest absolute Gasteiger partial charge is 0.0618 e. The molecule has 0 radical (unpaired) electrons. The van der Waals surface area contributed by atoms with Crippen LogP contribution in [0, 0.1) is 0 Å². The van der Waals surface area contributed by atoms with Crippen LogP contribution in [0.1, 0.15) is 60.5 Å². The number of rotatable bonds is 5. The van der Waals surface area contributed by atoms with Gasteiger partial charge in [-0.25, -0.2) is 0 Å². The molecule has 1 unspecified atom stereocenters. The van der Waals surface area contributed by atoms with Gasteiger partial charge in [-0.15, -0.1) is 0 Å². The third-order valence-electron chi connectivity index (χ3n) is 3.35. The van der Waals surface area contributed by atoms with Crippen molar-refractivity contribution in [1.82, 2.24) is 0 Å². The van der Waals surface area contributed by atoms with E-state index in [2.05, 4.69) is 51.7 Å². The molecule has 0 heterocycles. The Labute approximate surface area is 134 Å². The van der Waals surface area contributed by atoms with Crippen molar-refractivity contribution in [3.63, 3.8) is 0 Å². The van der Waals surface area contributed by atoms with Crippen LogP contribution >= 0.6 is 0 Å². The van der Waals surface area contributed by atoms with E-state index >= 15 is 0 Å². The van der Waals surface area contributed by atoms with Gasteiger partial charge in [-0.2, -0.15) is 0 Å². The second-order valence-corrected chi connectivity index (χ2v) is 7.31. The Kier molecular flexibility index (Phi) is 8.88. The second-order valence-electron chi connectivity index (χ2n) is 5.97. The van der Waals surface area contributed by atoms with Crippen molar-refractivity contribution in [2.24, 2.45) is 0 Å². The zero-order chi connectivity index (χ0) is 16.6. The van der Waals surface area contributed by atoms with Crippen LogP contribution in [0.2, 0.25) is 0 Å². The van der Waals surface area contributed by atoms with E-state index in [4.69, 9.17) is 0 Å². The Balaban J connectivity index is 0.00000191.